The summed E-state index contributed by atoms with van der Waals surface area (Å²) in [6.07, 6.45) is 0.984. The van der Waals surface area contributed by atoms with Crippen molar-refractivity contribution in [3.63, 3.8) is 0 Å². The number of para-hydroxylation sites is 1. The van der Waals surface area contributed by atoms with Crippen molar-refractivity contribution >= 4 is 23.2 Å². The van der Waals surface area contributed by atoms with Gasteiger partial charge in [0.15, 0.2) is 5.78 Å². The molecule has 7 heteroatoms. The van der Waals surface area contributed by atoms with Crippen LogP contribution < -0.4 is 10.2 Å². The van der Waals surface area contributed by atoms with Gasteiger partial charge in [-0.15, -0.1) is 0 Å². The van der Waals surface area contributed by atoms with Crippen molar-refractivity contribution < 1.29 is 18.4 Å². The summed E-state index contributed by atoms with van der Waals surface area (Å²) in [4.78, 5) is 31.0. The van der Waals surface area contributed by atoms with Gasteiger partial charge in [0, 0.05) is 43.4 Å². The summed E-state index contributed by atoms with van der Waals surface area (Å²) in [7, 11) is 0. The molecule has 5 nitrogen and oxygen atoms in total. The quantitative estimate of drug-likeness (QED) is 0.773. The predicted octanol–water partition coefficient (Wildman–Crippen LogP) is 4.47. The number of aromatic nitrogens is 1. The molecule has 0 fully saturated rings. The van der Waals surface area contributed by atoms with Gasteiger partial charge in [-0.05, 0) is 38.0 Å². The predicted molar refractivity (Wildman–Crippen MR) is 104 cm³/mol. The lowest BCUT2D eigenvalue weighted by molar-refractivity contribution is -0.0147. The van der Waals surface area contributed by atoms with E-state index in [0.29, 0.717) is 22.6 Å². The fourth-order valence-electron chi connectivity index (χ4n) is 3.40. The van der Waals surface area contributed by atoms with Crippen LogP contribution in [0.4, 0.5) is 20.3 Å². The van der Waals surface area contributed by atoms with Gasteiger partial charge in [0.1, 0.15) is 5.82 Å². The Bertz CT molecular complexity index is 885. The Morgan fingerprint density at radius 2 is 1.93 bits per heavy atom. The van der Waals surface area contributed by atoms with Gasteiger partial charge in [0.25, 0.3) is 5.91 Å². The maximum atomic E-state index is 14.3. The Balaban J connectivity index is 2.13. The van der Waals surface area contributed by atoms with E-state index in [9.17, 15) is 18.4 Å². The highest BCUT2D eigenvalue weighted by Gasteiger charge is 2.33. The third kappa shape index (κ3) is 4.18. The number of pyridine rings is 1. The summed E-state index contributed by atoms with van der Waals surface area (Å²) in [5, 5.41) is 3.00. The Kier molecular flexibility index (Phi) is 5.72. The number of nitrogens with zero attached hydrogens (tertiary/aromatic N) is 2. The van der Waals surface area contributed by atoms with Gasteiger partial charge in [0.05, 0.1) is 5.56 Å². The van der Waals surface area contributed by atoms with Crippen LogP contribution in [0.15, 0.2) is 36.5 Å². The van der Waals surface area contributed by atoms with Crippen molar-refractivity contribution in [3.05, 3.63) is 53.2 Å². The second kappa shape index (κ2) is 8.04. The molecule has 2 aromatic rings. The van der Waals surface area contributed by atoms with Gasteiger partial charge in [0.2, 0.25) is 5.92 Å². The number of nitrogens with one attached hydrogen (secondary N) is 1. The number of ketones is 1. The number of rotatable bonds is 2. The van der Waals surface area contributed by atoms with Gasteiger partial charge < -0.3 is 10.2 Å². The zero-order chi connectivity index (χ0) is 20.3. The van der Waals surface area contributed by atoms with Crippen molar-refractivity contribution in [1.82, 2.24) is 4.98 Å². The number of Topliss-reactive ketones (excluding diaryl/α,β-unsaturated/α-hetero) is 1. The molecular formula is C21H23F2N3O2. The normalized spacial score (nSPS) is 17.3. The minimum absolute atomic E-state index is 0.126. The van der Waals surface area contributed by atoms with Gasteiger partial charge >= 0.3 is 0 Å². The van der Waals surface area contributed by atoms with Gasteiger partial charge in [-0.2, -0.15) is 0 Å². The average Bonchev–Trinajstić information content (AvgIpc) is 2.67. The Morgan fingerprint density at radius 1 is 1.21 bits per heavy atom. The van der Waals surface area contributed by atoms with E-state index in [-0.39, 0.29) is 37.3 Å². The van der Waals surface area contributed by atoms with Crippen molar-refractivity contribution in [2.45, 2.75) is 39.0 Å². The lowest BCUT2D eigenvalue weighted by atomic mass is 10.0. The maximum absolute atomic E-state index is 14.3. The Morgan fingerprint density at radius 3 is 2.61 bits per heavy atom. The highest BCUT2D eigenvalue weighted by atomic mass is 19.3. The topological polar surface area (TPSA) is 62.3 Å². The number of hydrogen-bond acceptors (Lipinski definition) is 4. The third-order valence-electron chi connectivity index (χ3n) is 4.96. The zero-order valence-electron chi connectivity index (χ0n) is 16.0. The SMILES string of the molecule is CC(=O)c1cnc2c(c1C)C(=O)N(c1ccccc1)CCC(F)(F)CCCN2. The van der Waals surface area contributed by atoms with Gasteiger partial charge in [-0.25, -0.2) is 13.8 Å². The molecular weight excluding hydrogens is 364 g/mol. The first kappa shape index (κ1) is 19.9. The van der Waals surface area contributed by atoms with Crippen LogP contribution in [0.5, 0.6) is 0 Å². The molecule has 1 aromatic heterocycles. The summed E-state index contributed by atoms with van der Waals surface area (Å²) >= 11 is 0. The third-order valence-corrected chi connectivity index (χ3v) is 4.96. The first-order valence-corrected chi connectivity index (χ1v) is 9.29. The van der Waals surface area contributed by atoms with E-state index in [4.69, 9.17) is 0 Å². The Labute approximate surface area is 162 Å². The lowest BCUT2D eigenvalue weighted by Crippen LogP contribution is -2.36. The number of carbonyl (C=O) groups is 2. The van der Waals surface area contributed by atoms with Crippen LogP contribution in [0.2, 0.25) is 0 Å². The van der Waals surface area contributed by atoms with E-state index in [0.717, 1.165) is 0 Å². The zero-order valence-corrected chi connectivity index (χ0v) is 16.0. The molecule has 0 saturated carbocycles. The minimum Gasteiger partial charge on any atom is -0.369 e. The second-order valence-corrected chi connectivity index (χ2v) is 7.01. The molecule has 28 heavy (non-hydrogen) atoms. The number of benzene rings is 1. The molecule has 0 atom stereocenters. The van der Waals surface area contributed by atoms with Crippen LogP contribution in [-0.4, -0.2) is 35.7 Å². The number of amides is 1. The molecule has 0 bridgehead atoms. The maximum Gasteiger partial charge on any atom is 0.262 e. The number of hydrogen-bond donors (Lipinski definition) is 1. The number of anilines is 2. The van der Waals surface area contributed by atoms with E-state index in [1.165, 1.54) is 18.0 Å². The van der Waals surface area contributed by atoms with Crippen LogP contribution >= 0.6 is 0 Å². The average molecular weight is 387 g/mol. The van der Waals surface area contributed by atoms with Crippen molar-refractivity contribution in [2.75, 3.05) is 23.3 Å². The monoisotopic (exact) mass is 387 g/mol. The van der Waals surface area contributed by atoms with Crippen molar-refractivity contribution in [2.24, 2.45) is 0 Å². The van der Waals surface area contributed by atoms with Crippen LogP contribution in [0.1, 0.15) is 52.5 Å². The van der Waals surface area contributed by atoms with E-state index < -0.39 is 18.3 Å². The van der Waals surface area contributed by atoms with Gasteiger partial charge in [-0.1, -0.05) is 18.2 Å². The highest BCUT2D eigenvalue weighted by Crippen LogP contribution is 2.30. The van der Waals surface area contributed by atoms with E-state index in [1.54, 1.807) is 37.3 Å². The summed E-state index contributed by atoms with van der Waals surface area (Å²) in [6, 6.07) is 8.72. The molecule has 3 rings (SSSR count). The minimum atomic E-state index is -2.86. The largest absolute Gasteiger partial charge is 0.369 e. The standard InChI is InChI=1S/C21H23F2N3O2/c1-14-17(15(2)27)13-25-19-18(14)20(28)26(16-7-4-3-5-8-16)12-10-21(22,23)9-6-11-24-19/h3-5,7-8,13H,6,9-12H2,1-2H3,(H,24,25). The summed E-state index contributed by atoms with van der Waals surface area (Å²) in [6.45, 7) is 3.25. The molecule has 0 saturated heterocycles. The van der Waals surface area contributed by atoms with Crippen molar-refractivity contribution in [3.8, 4) is 0 Å². The molecule has 1 amide bonds. The first-order valence-electron chi connectivity index (χ1n) is 9.29. The highest BCUT2D eigenvalue weighted by molar-refractivity contribution is 6.12. The number of fused-ring (bicyclic) bond motifs is 1. The van der Waals surface area contributed by atoms with Gasteiger partial charge in [-0.3, -0.25) is 9.59 Å². The molecule has 1 aromatic carbocycles. The Hall–Kier alpha value is -2.83. The fourth-order valence-corrected chi connectivity index (χ4v) is 3.40. The summed E-state index contributed by atoms with van der Waals surface area (Å²) < 4.78 is 28.5. The van der Waals surface area contributed by atoms with Crippen LogP contribution in [0.3, 0.4) is 0 Å². The number of alkyl halides is 2. The number of halogens is 2. The summed E-state index contributed by atoms with van der Waals surface area (Å²) in [5.74, 6) is -3.19. The van der Waals surface area contributed by atoms with Crippen molar-refractivity contribution in [1.29, 1.82) is 0 Å². The van der Waals surface area contributed by atoms with Crippen LogP contribution in [0.25, 0.3) is 0 Å². The molecule has 1 aliphatic heterocycles. The lowest BCUT2D eigenvalue weighted by Gasteiger charge is -2.26. The number of carbonyl (C=O) groups excluding carboxylic acids is 2. The molecule has 148 valence electrons. The second-order valence-electron chi connectivity index (χ2n) is 7.01. The smallest absolute Gasteiger partial charge is 0.262 e. The fraction of sp³-hybridized carbons (Fsp3) is 0.381. The first-order chi connectivity index (χ1) is 13.3. The van der Waals surface area contributed by atoms with E-state index in [2.05, 4.69) is 10.3 Å². The molecule has 1 N–H and O–H groups in total. The molecule has 1 aliphatic rings. The van der Waals surface area contributed by atoms with Crippen LogP contribution in [-0.2, 0) is 0 Å². The van der Waals surface area contributed by atoms with E-state index >= 15 is 0 Å². The van der Waals surface area contributed by atoms with E-state index in [1.807, 2.05) is 0 Å². The van der Waals surface area contributed by atoms with Crippen LogP contribution in [0, 0.1) is 6.92 Å². The molecule has 2 heterocycles. The molecule has 0 spiro atoms. The molecule has 0 unspecified atom stereocenters. The molecule has 0 aliphatic carbocycles. The molecule has 0 radical (unpaired) electrons. The summed E-state index contributed by atoms with van der Waals surface area (Å²) in [5.41, 5.74) is 1.63.